The summed E-state index contributed by atoms with van der Waals surface area (Å²) in [5, 5.41) is 21.0. The zero-order valence-electron chi connectivity index (χ0n) is 19.2. The zero-order valence-corrected chi connectivity index (χ0v) is 19.2. The van der Waals surface area contributed by atoms with Crippen molar-refractivity contribution in [1.82, 2.24) is 24.6 Å². The van der Waals surface area contributed by atoms with Gasteiger partial charge in [0.2, 0.25) is 0 Å². The van der Waals surface area contributed by atoms with E-state index in [1.165, 1.54) is 0 Å². The number of rotatable bonds is 8. The minimum Gasteiger partial charge on any atom is -0.493 e. The van der Waals surface area contributed by atoms with Gasteiger partial charge in [-0.2, -0.15) is 5.10 Å². The third kappa shape index (κ3) is 4.25. The number of nitrogens with zero attached hydrogens (tertiary/aromatic N) is 4. The van der Waals surface area contributed by atoms with E-state index in [0.717, 1.165) is 27.8 Å². The second-order valence-corrected chi connectivity index (χ2v) is 8.91. The molecule has 0 radical (unpaired) electrons. The van der Waals surface area contributed by atoms with Gasteiger partial charge in [-0.1, -0.05) is 26.0 Å². The molecule has 174 valence electrons. The number of nitrogens with one attached hydrogen (secondary N) is 2. The van der Waals surface area contributed by atoms with E-state index in [9.17, 15) is 5.11 Å². The second-order valence-electron chi connectivity index (χ2n) is 8.91. The number of H-pyrrole nitrogens is 1. The van der Waals surface area contributed by atoms with Gasteiger partial charge in [0.05, 0.1) is 37.7 Å². The molecule has 0 aliphatic carbocycles. The number of benzene rings is 2. The lowest BCUT2D eigenvalue weighted by atomic mass is 9.96. The lowest BCUT2D eigenvalue weighted by molar-refractivity contribution is 0.0959. The Balaban J connectivity index is 1.47. The molecular formula is C25H26N6O3. The van der Waals surface area contributed by atoms with Gasteiger partial charge >= 0.3 is 0 Å². The molecule has 0 spiro atoms. The van der Waals surface area contributed by atoms with E-state index in [-0.39, 0.29) is 12.0 Å². The van der Waals surface area contributed by atoms with E-state index >= 15 is 0 Å². The number of fused-ring (bicyclic) bond motifs is 2. The summed E-state index contributed by atoms with van der Waals surface area (Å²) in [7, 11) is 1.60. The van der Waals surface area contributed by atoms with Crippen molar-refractivity contribution in [3.05, 3.63) is 61.2 Å². The van der Waals surface area contributed by atoms with Crippen LogP contribution in [0.4, 0.5) is 11.5 Å². The lowest BCUT2D eigenvalue weighted by Crippen LogP contribution is -2.25. The maximum atomic E-state index is 9.48. The largest absolute Gasteiger partial charge is 0.493 e. The fraction of sp³-hybridized carbons (Fsp3) is 0.240. The molecule has 0 atom stereocenters. The second kappa shape index (κ2) is 8.68. The number of imidazole rings is 1. The van der Waals surface area contributed by atoms with Crippen molar-refractivity contribution >= 4 is 28.1 Å². The first-order valence-electron chi connectivity index (χ1n) is 10.9. The lowest BCUT2D eigenvalue weighted by Gasteiger charge is -2.22. The van der Waals surface area contributed by atoms with E-state index in [1.54, 1.807) is 19.5 Å². The summed E-state index contributed by atoms with van der Waals surface area (Å²) in [5.41, 5.74) is 3.84. The number of methoxy groups -OCH3 is 1. The van der Waals surface area contributed by atoms with Crippen molar-refractivity contribution in [3.63, 3.8) is 0 Å². The highest BCUT2D eigenvalue weighted by Gasteiger charge is 2.19. The van der Waals surface area contributed by atoms with Crippen LogP contribution in [-0.2, 0) is 0 Å². The van der Waals surface area contributed by atoms with Gasteiger partial charge < -0.3 is 24.3 Å². The molecule has 5 aromatic rings. The molecule has 0 saturated heterocycles. The normalized spacial score (nSPS) is 11.8. The fourth-order valence-corrected chi connectivity index (χ4v) is 3.57. The van der Waals surface area contributed by atoms with Crippen molar-refractivity contribution in [2.75, 3.05) is 25.6 Å². The molecular weight excluding hydrogens is 432 g/mol. The molecule has 0 bridgehead atoms. The predicted molar refractivity (Wildman–Crippen MR) is 131 cm³/mol. The van der Waals surface area contributed by atoms with Gasteiger partial charge in [-0.05, 0) is 18.2 Å². The molecule has 3 heterocycles. The van der Waals surface area contributed by atoms with E-state index in [1.807, 2.05) is 67.0 Å². The molecule has 0 amide bonds. The number of hydrogen-bond acceptors (Lipinski definition) is 7. The highest BCUT2D eigenvalue weighted by atomic mass is 16.5. The molecule has 34 heavy (non-hydrogen) atoms. The summed E-state index contributed by atoms with van der Waals surface area (Å²) in [4.78, 5) is 9.32. The first-order chi connectivity index (χ1) is 16.5. The average Bonchev–Trinajstić information content (AvgIpc) is 3.52. The Labute approximate surface area is 196 Å². The fourth-order valence-electron chi connectivity index (χ4n) is 3.57. The van der Waals surface area contributed by atoms with Crippen LogP contribution in [0.25, 0.3) is 27.8 Å². The van der Waals surface area contributed by atoms with E-state index in [2.05, 4.69) is 20.5 Å². The van der Waals surface area contributed by atoms with Crippen LogP contribution in [0.15, 0.2) is 61.2 Å². The summed E-state index contributed by atoms with van der Waals surface area (Å²) in [6, 6.07) is 11.7. The standard InChI is InChI=1S/C25H26N6O3/c1-25(2,14-32)15-34-21-7-6-18(11-22(21)33-3)28-23-24-26-8-9-31(24)13-20(29-23)16-4-5-17-12-27-30-19(17)10-16/h4-13,32H,14-15H2,1-3H3,(H,27,30)(H,28,29). The number of aliphatic hydroxyl groups is 1. The number of aromatic nitrogens is 5. The molecule has 9 nitrogen and oxygen atoms in total. The molecule has 3 aromatic heterocycles. The molecule has 5 rings (SSSR count). The highest BCUT2D eigenvalue weighted by molar-refractivity contribution is 5.84. The summed E-state index contributed by atoms with van der Waals surface area (Å²) < 4.78 is 13.4. The Morgan fingerprint density at radius 2 is 2.03 bits per heavy atom. The average molecular weight is 459 g/mol. The highest BCUT2D eigenvalue weighted by Crippen LogP contribution is 2.33. The zero-order chi connectivity index (χ0) is 23.7. The number of anilines is 2. The Morgan fingerprint density at radius 1 is 1.15 bits per heavy atom. The van der Waals surface area contributed by atoms with Crippen molar-refractivity contribution in [2.24, 2.45) is 5.41 Å². The maximum Gasteiger partial charge on any atom is 0.180 e. The third-order valence-electron chi connectivity index (χ3n) is 5.58. The molecule has 0 aliphatic heterocycles. The first-order valence-corrected chi connectivity index (χ1v) is 10.9. The van der Waals surface area contributed by atoms with Gasteiger partial charge in [-0.3, -0.25) is 5.10 Å². The minimum atomic E-state index is -0.349. The van der Waals surface area contributed by atoms with Crippen molar-refractivity contribution in [3.8, 4) is 22.8 Å². The number of aliphatic hydroxyl groups excluding tert-OH is 1. The van der Waals surface area contributed by atoms with Crippen LogP contribution in [-0.4, -0.2) is 50.0 Å². The molecule has 0 saturated carbocycles. The van der Waals surface area contributed by atoms with E-state index in [0.29, 0.717) is 29.6 Å². The smallest absolute Gasteiger partial charge is 0.180 e. The molecule has 9 heteroatoms. The summed E-state index contributed by atoms with van der Waals surface area (Å²) >= 11 is 0. The Hall–Kier alpha value is -4.11. The Kier molecular flexibility index (Phi) is 5.54. The predicted octanol–water partition coefficient (Wildman–Crippen LogP) is 4.42. The van der Waals surface area contributed by atoms with Crippen LogP contribution in [0.2, 0.25) is 0 Å². The molecule has 0 aliphatic rings. The van der Waals surface area contributed by atoms with Crippen LogP contribution < -0.4 is 14.8 Å². The van der Waals surface area contributed by atoms with E-state index < -0.39 is 0 Å². The van der Waals surface area contributed by atoms with Crippen LogP contribution >= 0.6 is 0 Å². The SMILES string of the molecule is COc1cc(Nc2nc(-c3ccc4cn[nH]c4c3)cn3ccnc23)ccc1OCC(C)(C)CO. The maximum absolute atomic E-state index is 9.48. The summed E-state index contributed by atoms with van der Waals surface area (Å²) in [6.07, 6.45) is 7.38. The van der Waals surface area contributed by atoms with Crippen LogP contribution in [0.3, 0.4) is 0 Å². The van der Waals surface area contributed by atoms with Gasteiger partial charge in [0.15, 0.2) is 23.0 Å². The van der Waals surface area contributed by atoms with Gasteiger partial charge in [0.25, 0.3) is 0 Å². The molecule has 3 N–H and O–H groups in total. The van der Waals surface area contributed by atoms with Crippen molar-refractivity contribution in [1.29, 1.82) is 0 Å². The topological polar surface area (TPSA) is 110 Å². The number of hydrogen-bond donors (Lipinski definition) is 3. The number of ether oxygens (including phenoxy) is 2. The Bertz CT molecular complexity index is 1460. The Morgan fingerprint density at radius 3 is 2.85 bits per heavy atom. The molecule has 0 unspecified atom stereocenters. The monoisotopic (exact) mass is 458 g/mol. The summed E-state index contributed by atoms with van der Waals surface area (Å²) in [5.74, 6) is 1.80. The quantitative estimate of drug-likeness (QED) is 0.316. The summed E-state index contributed by atoms with van der Waals surface area (Å²) in [6.45, 7) is 4.28. The van der Waals surface area contributed by atoms with Crippen molar-refractivity contribution in [2.45, 2.75) is 13.8 Å². The van der Waals surface area contributed by atoms with Gasteiger partial charge in [-0.15, -0.1) is 0 Å². The van der Waals surface area contributed by atoms with Gasteiger partial charge in [0.1, 0.15) is 0 Å². The van der Waals surface area contributed by atoms with Crippen LogP contribution in [0.1, 0.15) is 13.8 Å². The van der Waals surface area contributed by atoms with Crippen LogP contribution in [0.5, 0.6) is 11.5 Å². The van der Waals surface area contributed by atoms with Gasteiger partial charge in [0, 0.05) is 46.7 Å². The molecule has 0 fully saturated rings. The third-order valence-corrected chi connectivity index (χ3v) is 5.58. The van der Waals surface area contributed by atoms with E-state index in [4.69, 9.17) is 14.5 Å². The first kappa shape index (κ1) is 21.7. The molecule has 2 aromatic carbocycles. The van der Waals surface area contributed by atoms with Gasteiger partial charge in [-0.25, -0.2) is 9.97 Å². The minimum absolute atomic E-state index is 0.0323. The number of aromatic amines is 1. The van der Waals surface area contributed by atoms with Crippen LogP contribution in [0, 0.1) is 5.41 Å². The van der Waals surface area contributed by atoms with Crippen molar-refractivity contribution < 1.29 is 14.6 Å².